The lowest BCUT2D eigenvalue weighted by Gasteiger charge is -2.17. The summed E-state index contributed by atoms with van der Waals surface area (Å²) in [5.74, 6) is 0. The van der Waals surface area contributed by atoms with Gasteiger partial charge in [0.1, 0.15) is 4.90 Å². The molecule has 1 aliphatic rings. The Morgan fingerprint density at radius 3 is 2.47 bits per heavy atom. The lowest BCUT2D eigenvalue weighted by molar-refractivity contribution is 0.552. The number of nitrogens with zero attached hydrogens (tertiary/aromatic N) is 1. The molecule has 3 nitrogen and oxygen atoms in total. The average molecular weight is 229 g/mol. The first-order chi connectivity index (χ1) is 7.07. The Morgan fingerprint density at radius 2 is 1.87 bits per heavy atom. The minimum Gasteiger partial charge on any atom is -0.371 e. The van der Waals surface area contributed by atoms with Gasteiger partial charge in [-0.3, -0.25) is 0 Å². The normalized spacial score (nSPS) is 17.0. The van der Waals surface area contributed by atoms with E-state index in [1.807, 2.05) is 0 Å². The minimum atomic E-state index is -4.58. The molecule has 1 aromatic carbocycles. The molecule has 0 aromatic heterocycles. The molecule has 1 heterocycles. The Kier molecular flexibility index (Phi) is 2.65. The molecule has 1 saturated heterocycles. The van der Waals surface area contributed by atoms with Gasteiger partial charge in [-0.1, -0.05) is 6.07 Å². The third-order valence-electron chi connectivity index (χ3n) is 2.57. The zero-order chi connectivity index (χ0) is 10.9. The zero-order valence-electron chi connectivity index (χ0n) is 8.19. The van der Waals surface area contributed by atoms with Crippen molar-refractivity contribution >= 4 is 15.9 Å². The van der Waals surface area contributed by atoms with Crippen LogP contribution in [0.25, 0.3) is 0 Å². The topological polar surface area (TPSA) is 37.4 Å². The summed E-state index contributed by atoms with van der Waals surface area (Å²) in [6.07, 6.45) is 2.21. The molecule has 15 heavy (non-hydrogen) atoms. The second kappa shape index (κ2) is 3.81. The summed E-state index contributed by atoms with van der Waals surface area (Å²) in [5.41, 5.74) is 0.784. The summed E-state index contributed by atoms with van der Waals surface area (Å²) in [6.45, 7) is 1.82. The molecule has 2 rings (SSSR count). The van der Waals surface area contributed by atoms with E-state index in [0.717, 1.165) is 31.6 Å². The van der Waals surface area contributed by atoms with Crippen molar-refractivity contribution < 1.29 is 12.3 Å². The molecule has 0 amide bonds. The minimum absolute atomic E-state index is 0.257. The lowest BCUT2D eigenvalue weighted by Crippen LogP contribution is -2.17. The van der Waals surface area contributed by atoms with Gasteiger partial charge in [0.25, 0.3) is 0 Å². The molecule has 82 valence electrons. The SMILES string of the molecule is O=S(=O)(F)c1cccc(N2CCCC2)c1. The van der Waals surface area contributed by atoms with Crippen LogP contribution in [0.4, 0.5) is 9.57 Å². The number of halogens is 1. The predicted octanol–water partition coefficient (Wildman–Crippen LogP) is 1.95. The molecule has 1 aliphatic heterocycles. The number of anilines is 1. The van der Waals surface area contributed by atoms with Gasteiger partial charge in [-0.05, 0) is 31.0 Å². The molecule has 0 saturated carbocycles. The van der Waals surface area contributed by atoms with E-state index >= 15 is 0 Å². The third-order valence-corrected chi connectivity index (χ3v) is 3.39. The van der Waals surface area contributed by atoms with Crippen molar-refractivity contribution in [3.8, 4) is 0 Å². The number of hydrogen-bond donors (Lipinski definition) is 0. The molecule has 0 spiro atoms. The van der Waals surface area contributed by atoms with Crippen LogP contribution in [0.2, 0.25) is 0 Å². The van der Waals surface area contributed by atoms with Crippen LogP contribution in [0.15, 0.2) is 29.2 Å². The van der Waals surface area contributed by atoms with E-state index in [1.165, 1.54) is 12.1 Å². The first-order valence-electron chi connectivity index (χ1n) is 4.87. The summed E-state index contributed by atoms with van der Waals surface area (Å²) in [7, 11) is -4.58. The van der Waals surface area contributed by atoms with Gasteiger partial charge in [0.15, 0.2) is 0 Å². The Balaban J connectivity index is 2.34. The molecular weight excluding hydrogens is 217 g/mol. The van der Waals surface area contributed by atoms with E-state index < -0.39 is 10.2 Å². The van der Waals surface area contributed by atoms with E-state index in [2.05, 4.69) is 4.90 Å². The fourth-order valence-corrected chi connectivity index (χ4v) is 2.31. The summed E-state index contributed by atoms with van der Waals surface area (Å²) in [6, 6.07) is 6.04. The summed E-state index contributed by atoms with van der Waals surface area (Å²) >= 11 is 0. The second-order valence-electron chi connectivity index (χ2n) is 3.63. The average Bonchev–Trinajstić information content (AvgIpc) is 2.69. The van der Waals surface area contributed by atoms with Crippen molar-refractivity contribution in [2.45, 2.75) is 17.7 Å². The molecule has 0 atom stereocenters. The first kappa shape index (κ1) is 10.4. The second-order valence-corrected chi connectivity index (χ2v) is 4.98. The van der Waals surface area contributed by atoms with Crippen molar-refractivity contribution in [2.24, 2.45) is 0 Å². The van der Waals surface area contributed by atoms with Crippen LogP contribution >= 0.6 is 0 Å². The van der Waals surface area contributed by atoms with Crippen molar-refractivity contribution in [3.05, 3.63) is 24.3 Å². The number of rotatable bonds is 2. The lowest BCUT2D eigenvalue weighted by atomic mass is 10.3. The largest absolute Gasteiger partial charge is 0.371 e. The summed E-state index contributed by atoms with van der Waals surface area (Å²) in [4.78, 5) is 1.81. The standard InChI is InChI=1S/C10H12FNO2S/c11-15(13,14)10-5-3-4-9(8-10)12-6-1-2-7-12/h3-5,8H,1-2,6-7H2. The van der Waals surface area contributed by atoms with Crippen LogP contribution in [0, 0.1) is 0 Å². The van der Waals surface area contributed by atoms with Crippen LogP contribution in [0.1, 0.15) is 12.8 Å². The highest BCUT2D eigenvalue weighted by molar-refractivity contribution is 7.86. The van der Waals surface area contributed by atoms with Gasteiger partial charge in [-0.2, -0.15) is 8.42 Å². The number of benzene rings is 1. The van der Waals surface area contributed by atoms with Crippen LogP contribution < -0.4 is 4.90 Å². The first-order valence-corrected chi connectivity index (χ1v) is 6.25. The molecule has 0 aliphatic carbocycles. The fraction of sp³-hybridized carbons (Fsp3) is 0.400. The molecule has 0 N–H and O–H groups in total. The Bertz CT molecular complexity index is 452. The van der Waals surface area contributed by atoms with Gasteiger partial charge in [0.05, 0.1) is 0 Å². The van der Waals surface area contributed by atoms with Gasteiger partial charge in [0.2, 0.25) is 0 Å². The van der Waals surface area contributed by atoms with Crippen molar-refractivity contribution in [2.75, 3.05) is 18.0 Å². The summed E-state index contributed by atoms with van der Waals surface area (Å²) < 4.78 is 34.2. The highest BCUT2D eigenvalue weighted by atomic mass is 32.3. The molecule has 0 radical (unpaired) electrons. The van der Waals surface area contributed by atoms with Gasteiger partial charge >= 0.3 is 10.2 Å². The summed E-state index contributed by atoms with van der Waals surface area (Å²) in [5, 5.41) is 0. The van der Waals surface area contributed by atoms with Crippen molar-refractivity contribution in [3.63, 3.8) is 0 Å². The maximum Gasteiger partial charge on any atom is 0.332 e. The third kappa shape index (κ3) is 2.28. The van der Waals surface area contributed by atoms with Crippen LogP contribution in [0.5, 0.6) is 0 Å². The highest BCUT2D eigenvalue weighted by Gasteiger charge is 2.16. The monoisotopic (exact) mass is 229 g/mol. The van der Waals surface area contributed by atoms with Gasteiger partial charge in [-0.15, -0.1) is 3.89 Å². The van der Waals surface area contributed by atoms with Crippen molar-refractivity contribution in [1.82, 2.24) is 0 Å². The van der Waals surface area contributed by atoms with E-state index in [9.17, 15) is 12.3 Å². The molecule has 0 bridgehead atoms. The van der Waals surface area contributed by atoms with E-state index in [0.29, 0.717) is 0 Å². The Labute approximate surface area is 88.7 Å². The Morgan fingerprint density at radius 1 is 1.20 bits per heavy atom. The predicted molar refractivity (Wildman–Crippen MR) is 56.2 cm³/mol. The molecule has 1 aromatic rings. The van der Waals surface area contributed by atoms with Crippen LogP contribution in [-0.2, 0) is 10.2 Å². The van der Waals surface area contributed by atoms with Gasteiger partial charge in [-0.25, -0.2) is 0 Å². The van der Waals surface area contributed by atoms with Crippen LogP contribution in [0.3, 0.4) is 0 Å². The molecule has 5 heteroatoms. The van der Waals surface area contributed by atoms with E-state index in [1.54, 1.807) is 12.1 Å². The number of hydrogen-bond acceptors (Lipinski definition) is 3. The van der Waals surface area contributed by atoms with Gasteiger partial charge < -0.3 is 4.90 Å². The maximum absolute atomic E-state index is 12.7. The van der Waals surface area contributed by atoms with Gasteiger partial charge in [0, 0.05) is 18.8 Å². The van der Waals surface area contributed by atoms with E-state index in [-0.39, 0.29) is 4.90 Å². The fourth-order valence-electron chi connectivity index (χ4n) is 1.81. The smallest absolute Gasteiger partial charge is 0.332 e. The molecular formula is C10H12FNO2S. The van der Waals surface area contributed by atoms with Crippen molar-refractivity contribution in [1.29, 1.82) is 0 Å². The molecule has 1 fully saturated rings. The zero-order valence-corrected chi connectivity index (χ0v) is 9.00. The Hall–Kier alpha value is -1.10. The quantitative estimate of drug-likeness (QED) is 0.727. The van der Waals surface area contributed by atoms with Crippen LogP contribution in [-0.4, -0.2) is 21.5 Å². The highest BCUT2D eigenvalue weighted by Crippen LogP contribution is 2.23. The van der Waals surface area contributed by atoms with E-state index in [4.69, 9.17) is 0 Å². The maximum atomic E-state index is 12.7. The molecule has 0 unspecified atom stereocenters.